The molecular formula is C11H23N. The van der Waals surface area contributed by atoms with Gasteiger partial charge in [-0.25, -0.2) is 0 Å². The fourth-order valence-corrected chi connectivity index (χ4v) is 2.11. The molecule has 1 nitrogen and oxygen atoms in total. The molecular weight excluding hydrogens is 146 g/mol. The maximum atomic E-state index is 3.70. The zero-order valence-electron chi connectivity index (χ0n) is 8.77. The number of rotatable bonds is 3. The van der Waals surface area contributed by atoms with Crippen molar-refractivity contribution in [2.45, 2.75) is 65.0 Å². The van der Waals surface area contributed by atoms with Crippen LogP contribution in [0.2, 0.25) is 0 Å². The van der Waals surface area contributed by atoms with E-state index in [9.17, 15) is 0 Å². The lowest BCUT2D eigenvalue weighted by Crippen LogP contribution is -2.39. The van der Waals surface area contributed by atoms with Crippen LogP contribution in [0.25, 0.3) is 0 Å². The molecule has 0 bridgehead atoms. The fourth-order valence-electron chi connectivity index (χ4n) is 2.11. The SMILES string of the molecule is CC[C@@H](C)N[C@@H]1CCC[C@H](C)C1. The summed E-state index contributed by atoms with van der Waals surface area (Å²) < 4.78 is 0. The average molecular weight is 169 g/mol. The first kappa shape index (κ1) is 10.0. The summed E-state index contributed by atoms with van der Waals surface area (Å²) in [4.78, 5) is 0. The molecule has 0 aromatic rings. The summed E-state index contributed by atoms with van der Waals surface area (Å²) >= 11 is 0. The summed E-state index contributed by atoms with van der Waals surface area (Å²) in [5, 5.41) is 3.70. The van der Waals surface area contributed by atoms with Crippen LogP contribution < -0.4 is 5.32 Å². The van der Waals surface area contributed by atoms with E-state index in [4.69, 9.17) is 0 Å². The van der Waals surface area contributed by atoms with Crippen LogP contribution in [0, 0.1) is 5.92 Å². The molecule has 1 saturated carbocycles. The Morgan fingerprint density at radius 3 is 2.75 bits per heavy atom. The van der Waals surface area contributed by atoms with Crippen molar-refractivity contribution < 1.29 is 0 Å². The van der Waals surface area contributed by atoms with Crippen LogP contribution in [0.1, 0.15) is 52.9 Å². The summed E-state index contributed by atoms with van der Waals surface area (Å²) in [5.74, 6) is 0.945. The highest BCUT2D eigenvalue weighted by atomic mass is 14.9. The van der Waals surface area contributed by atoms with E-state index in [1.54, 1.807) is 0 Å². The second kappa shape index (κ2) is 4.86. The molecule has 0 amide bonds. The molecule has 3 atom stereocenters. The van der Waals surface area contributed by atoms with Crippen LogP contribution >= 0.6 is 0 Å². The molecule has 0 radical (unpaired) electrons. The molecule has 1 rings (SSSR count). The van der Waals surface area contributed by atoms with Gasteiger partial charge in [0, 0.05) is 12.1 Å². The van der Waals surface area contributed by atoms with E-state index in [2.05, 4.69) is 26.1 Å². The van der Waals surface area contributed by atoms with Crippen molar-refractivity contribution in [3.8, 4) is 0 Å². The molecule has 1 N–H and O–H groups in total. The summed E-state index contributed by atoms with van der Waals surface area (Å²) in [6.07, 6.45) is 6.91. The van der Waals surface area contributed by atoms with Gasteiger partial charge in [0.05, 0.1) is 0 Å². The Morgan fingerprint density at radius 1 is 1.42 bits per heavy atom. The standard InChI is InChI=1S/C11H23N/c1-4-10(3)12-11-7-5-6-9(2)8-11/h9-12H,4-8H2,1-3H3/t9-,10+,11+/m0/s1. The molecule has 12 heavy (non-hydrogen) atoms. The first-order valence-electron chi connectivity index (χ1n) is 5.48. The minimum Gasteiger partial charge on any atom is -0.312 e. The summed E-state index contributed by atoms with van der Waals surface area (Å²) in [6.45, 7) is 6.92. The lowest BCUT2D eigenvalue weighted by molar-refractivity contribution is 0.282. The minimum atomic E-state index is 0.709. The Bertz CT molecular complexity index is 122. The fraction of sp³-hybridized carbons (Fsp3) is 1.00. The van der Waals surface area contributed by atoms with Crippen LogP contribution in [-0.2, 0) is 0 Å². The molecule has 1 aliphatic carbocycles. The number of hydrogen-bond donors (Lipinski definition) is 1. The zero-order chi connectivity index (χ0) is 8.97. The Balaban J connectivity index is 2.22. The lowest BCUT2D eigenvalue weighted by Gasteiger charge is -2.29. The predicted octanol–water partition coefficient (Wildman–Crippen LogP) is 2.95. The second-order valence-corrected chi connectivity index (χ2v) is 4.44. The largest absolute Gasteiger partial charge is 0.312 e. The van der Waals surface area contributed by atoms with Crippen molar-refractivity contribution >= 4 is 0 Å². The summed E-state index contributed by atoms with van der Waals surface area (Å²) in [5.41, 5.74) is 0. The van der Waals surface area contributed by atoms with Gasteiger partial charge in [-0.1, -0.05) is 26.7 Å². The molecule has 1 heteroatoms. The molecule has 0 saturated heterocycles. The van der Waals surface area contributed by atoms with Crippen molar-refractivity contribution in [3.05, 3.63) is 0 Å². The third-order valence-electron chi connectivity index (χ3n) is 3.07. The van der Waals surface area contributed by atoms with Crippen molar-refractivity contribution in [3.63, 3.8) is 0 Å². The van der Waals surface area contributed by atoms with E-state index in [1.165, 1.54) is 32.1 Å². The highest BCUT2D eigenvalue weighted by molar-refractivity contribution is 4.77. The van der Waals surface area contributed by atoms with Gasteiger partial charge in [-0.2, -0.15) is 0 Å². The van der Waals surface area contributed by atoms with E-state index in [1.807, 2.05) is 0 Å². The van der Waals surface area contributed by atoms with Crippen molar-refractivity contribution in [1.82, 2.24) is 5.32 Å². The topological polar surface area (TPSA) is 12.0 Å². The maximum absolute atomic E-state index is 3.70. The lowest BCUT2D eigenvalue weighted by atomic mass is 9.87. The van der Waals surface area contributed by atoms with E-state index in [0.29, 0.717) is 6.04 Å². The van der Waals surface area contributed by atoms with Crippen molar-refractivity contribution in [1.29, 1.82) is 0 Å². The van der Waals surface area contributed by atoms with Crippen LogP contribution in [0.15, 0.2) is 0 Å². The Morgan fingerprint density at radius 2 is 2.17 bits per heavy atom. The molecule has 0 aromatic heterocycles. The smallest absolute Gasteiger partial charge is 0.00720 e. The molecule has 1 fully saturated rings. The van der Waals surface area contributed by atoms with E-state index < -0.39 is 0 Å². The molecule has 0 unspecified atom stereocenters. The third kappa shape index (κ3) is 3.14. The van der Waals surface area contributed by atoms with Gasteiger partial charge in [0.15, 0.2) is 0 Å². The quantitative estimate of drug-likeness (QED) is 0.685. The van der Waals surface area contributed by atoms with Gasteiger partial charge in [-0.05, 0) is 32.1 Å². The van der Waals surface area contributed by atoms with E-state index in [0.717, 1.165) is 12.0 Å². The van der Waals surface area contributed by atoms with Gasteiger partial charge in [0.2, 0.25) is 0 Å². The Labute approximate surface area is 76.9 Å². The van der Waals surface area contributed by atoms with Crippen LogP contribution in [0.3, 0.4) is 0 Å². The Hall–Kier alpha value is -0.0400. The van der Waals surface area contributed by atoms with Gasteiger partial charge >= 0.3 is 0 Å². The Kier molecular flexibility index (Phi) is 4.07. The maximum Gasteiger partial charge on any atom is 0.00720 e. The van der Waals surface area contributed by atoms with Crippen LogP contribution in [0.5, 0.6) is 0 Å². The molecule has 1 aliphatic rings. The average Bonchev–Trinajstić information content (AvgIpc) is 2.04. The first-order chi connectivity index (χ1) is 5.72. The normalized spacial score (nSPS) is 33.2. The number of hydrogen-bond acceptors (Lipinski definition) is 1. The molecule has 0 aliphatic heterocycles. The first-order valence-corrected chi connectivity index (χ1v) is 5.48. The van der Waals surface area contributed by atoms with Crippen molar-refractivity contribution in [2.24, 2.45) is 5.92 Å². The van der Waals surface area contributed by atoms with Crippen LogP contribution in [0.4, 0.5) is 0 Å². The highest BCUT2D eigenvalue weighted by Gasteiger charge is 2.19. The predicted molar refractivity (Wildman–Crippen MR) is 54.3 cm³/mol. The monoisotopic (exact) mass is 169 g/mol. The summed E-state index contributed by atoms with van der Waals surface area (Å²) in [7, 11) is 0. The third-order valence-corrected chi connectivity index (χ3v) is 3.07. The second-order valence-electron chi connectivity index (χ2n) is 4.44. The van der Waals surface area contributed by atoms with Gasteiger partial charge < -0.3 is 5.32 Å². The van der Waals surface area contributed by atoms with E-state index in [-0.39, 0.29) is 0 Å². The number of nitrogens with one attached hydrogen (secondary N) is 1. The minimum absolute atomic E-state index is 0.709. The van der Waals surface area contributed by atoms with Crippen LogP contribution in [-0.4, -0.2) is 12.1 Å². The molecule has 0 aromatic carbocycles. The van der Waals surface area contributed by atoms with Gasteiger partial charge in [-0.3, -0.25) is 0 Å². The zero-order valence-corrected chi connectivity index (χ0v) is 8.77. The van der Waals surface area contributed by atoms with E-state index >= 15 is 0 Å². The highest BCUT2D eigenvalue weighted by Crippen LogP contribution is 2.23. The molecule has 72 valence electrons. The van der Waals surface area contributed by atoms with Gasteiger partial charge in [0.1, 0.15) is 0 Å². The molecule has 0 heterocycles. The van der Waals surface area contributed by atoms with Crippen molar-refractivity contribution in [2.75, 3.05) is 0 Å². The van der Waals surface area contributed by atoms with Gasteiger partial charge in [0.25, 0.3) is 0 Å². The molecule has 0 spiro atoms. The van der Waals surface area contributed by atoms with Gasteiger partial charge in [-0.15, -0.1) is 0 Å². The summed E-state index contributed by atoms with van der Waals surface area (Å²) in [6, 6.07) is 1.52.